The number of hydrogen-bond donors (Lipinski definition) is 3. The van der Waals surface area contributed by atoms with Crippen LogP contribution in [0.2, 0.25) is 0 Å². The maximum Gasteiger partial charge on any atom is 0.472 e. The van der Waals surface area contributed by atoms with E-state index in [9.17, 15) is 43.2 Å². The first-order valence-corrected chi connectivity index (χ1v) is 43.7. The van der Waals surface area contributed by atoms with Crippen LogP contribution in [-0.2, 0) is 65.4 Å². The van der Waals surface area contributed by atoms with E-state index in [0.29, 0.717) is 25.7 Å². The van der Waals surface area contributed by atoms with E-state index in [1.165, 1.54) is 38.5 Å². The monoisotopic (exact) mass is 1520 g/mol. The molecule has 17 nitrogen and oxygen atoms in total. The molecule has 0 rings (SSSR count). The quantitative estimate of drug-likeness (QED) is 0.0169. The van der Waals surface area contributed by atoms with Gasteiger partial charge in [-0.05, 0) is 148 Å². The lowest BCUT2D eigenvalue weighted by atomic mass is 10.1. The first-order chi connectivity index (χ1) is 51.7. The maximum absolute atomic E-state index is 13.1. The SMILES string of the molecule is CC/C=C\C/C=C\C/C=C\C/C=C\C/C=C\CCCCCC(=O)OCC(COP(=O)(O)OCC(O)COP(=O)(O)OCC(COC(=O)CCCCCCCCC/C=C\C/C=C\C/C=C\CC)OC(=O)CCCCCCCCCCCCC)OC(=O)CCCCC/C=C\C/C=C\C/C=C\C/C=C\C/C=C\CC. The largest absolute Gasteiger partial charge is 0.472 e. The standard InChI is InChI=1S/C87H144O17P2/c1-5-9-13-17-21-25-29-32-35-38-40-43-46-49-53-56-60-64-68-72-85(90)98-78-83(104-87(92)74-70-66-62-58-54-50-47-44-41-39-36-33-30-26-22-18-14-10-6-2)80-102-106(95,96)100-76-81(88)75-99-105(93,94)101-79-82(103-86(91)73-69-65-61-57-51-28-24-20-16-12-8-4)77-97-84(89)71-67-63-59-55-52-48-45-42-37-34-31-27-23-19-15-11-7-3/h9-11,13-15,21-23,25-27,32-37,40-41,43-44,49-50,53-54,81-83,88H,5-8,12,16-20,24,28-31,38-39,42,45-48,51-52,55-80H2,1-4H3,(H,93,94)(H,95,96)/b13-9-,14-10-,15-11-,25-21-,26-22-,27-23-,35-32-,36-33-,37-34-,43-40-,44-41-,53-49-,54-50-. The van der Waals surface area contributed by atoms with Crippen molar-refractivity contribution in [1.82, 2.24) is 0 Å². The lowest BCUT2D eigenvalue weighted by Crippen LogP contribution is -2.30. The van der Waals surface area contributed by atoms with Crippen molar-refractivity contribution < 1.29 is 80.2 Å². The summed E-state index contributed by atoms with van der Waals surface area (Å²) < 4.78 is 68.6. The minimum Gasteiger partial charge on any atom is -0.462 e. The summed E-state index contributed by atoms with van der Waals surface area (Å²) in [5, 5.41) is 10.6. The molecule has 0 aliphatic rings. The van der Waals surface area contributed by atoms with Gasteiger partial charge in [-0.15, -0.1) is 0 Å². The predicted octanol–water partition coefficient (Wildman–Crippen LogP) is 24.0. The van der Waals surface area contributed by atoms with Crippen LogP contribution >= 0.6 is 15.6 Å². The average Bonchev–Trinajstić information content (AvgIpc) is 0.901. The summed E-state index contributed by atoms with van der Waals surface area (Å²) in [6.45, 7) is 4.45. The fourth-order valence-electron chi connectivity index (χ4n) is 10.4. The molecule has 0 aromatic heterocycles. The molecule has 0 bridgehead atoms. The second kappa shape index (κ2) is 77.8. The Bertz CT molecular complexity index is 2630. The summed E-state index contributed by atoms with van der Waals surface area (Å²) in [5.74, 6) is -2.26. The number of aliphatic hydroxyl groups is 1. The van der Waals surface area contributed by atoms with E-state index < -0.39 is 97.5 Å². The number of unbranched alkanes of at least 4 members (excludes halogenated alkanes) is 23. The first kappa shape index (κ1) is 101. The molecule has 3 N–H and O–H groups in total. The minimum absolute atomic E-state index is 0.0430. The van der Waals surface area contributed by atoms with Gasteiger partial charge in [-0.25, -0.2) is 9.13 Å². The number of aliphatic hydroxyl groups excluding tert-OH is 1. The van der Waals surface area contributed by atoms with Gasteiger partial charge < -0.3 is 33.8 Å². The number of esters is 4. The van der Waals surface area contributed by atoms with Crippen LogP contribution in [0.3, 0.4) is 0 Å². The van der Waals surface area contributed by atoms with Crippen LogP contribution in [0.1, 0.15) is 310 Å². The van der Waals surface area contributed by atoms with Crippen molar-refractivity contribution in [3.05, 3.63) is 158 Å². The van der Waals surface area contributed by atoms with Crippen LogP contribution < -0.4 is 0 Å². The van der Waals surface area contributed by atoms with E-state index in [1.807, 2.05) is 0 Å². The Morgan fingerprint density at radius 1 is 0.274 bits per heavy atom. The average molecular weight is 1520 g/mol. The Hall–Kier alpha value is -5.32. The molecule has 0 saturated carbocycles. The fraction of sp³-hybridized carbons (Fsp3) is 0.655. The van der Waals surface area contributed by atoms with Gasteiger partial charge in [0.15, 0.2) is 12.2 Å². The van der Waals surface area contributed by atoms with Crippen LogP contribution in [0.15, 0.2) is 158 Å². The van der Waals surface area contributed by atoms with E-state index >= 15 is 0 Å². The van der Waals surface area contributed by atoms with Crippen molar-refractivity contribution in [2.45, 2.75) is 329 Å². The van der Waals surface area contributed by atoms with Gasteiger partial charge in [0.1, 0.15) is 19.3 Å². The molecule has 0 aromatic carbocycles. The van der Waals surface area contributed by atoms with Gasteiger partial charge in [0, 0.05) is 25.7 Å². The molecule has 0 amide bonds. The van der Waals surface area contributed by atoms with Crippen LogP contribution in [-0.4, -0.2) is 96.7 Å². The molecular formula is C87H144O17P2. The Morgan fingerprint density at radius 3 is 0.764 bits per heavy atom. The van der Waals surface area contributed by atoms with Crippen LogP contribution in [0.4, 0.5) is 0 Å². The molecule has 0 fully saturated rings. The highest BCUT2D eigenvalue weighted by molar-refractivity contribution is 7.47. The molecule has 604 valence electrons. The van der Waals surface area contributed by atoms with Crippen molar-refractivity contribution in [3.63, 3.8) is 0 Å². The zero-order valence-corrected chi connectivity index (χ0v) is 67.8. The van der Waals surface area contributed by atoms with Gasteiger partial charge in [-0.2, -0.15) is 0 Å². The lowest BCUT2D eigenvalue weighted by Gasteiger charge is -2.21. The van der Waals surface area contributed by atoms with Crippen molar-refractivity contribution in [2.24, 2.45) is 0 Å². The van der Waals surface area contributed by atoms with Crippen molar-refractivity contribution >= 4 is 39.5 Å². The molecule has 0 aliphatic carbocycles. The number of phosphoric acid groups is 2. The number of carbonyl (C=O) groups excluding carboxylic acids is 4. The van der Waals surface area contributed by atoms with E-state index in [0.717, 1.165) is 193 Å². The molecule has 0 saturated heterocycles. The van der Waals surface area contributed by atoms with Gasteiger partial charge in [0.05, 0.1) is 26.4 Å². The second-order valence-electron chi connectivity index (χ2n) is 26.6. The molecule has 5 unspecified atom stereocenters. The third kappa shape index (κ3) is 76.9. The minimum atomic E-state index is -5.00. The van der Waals surface area contributed by atoms with Gasteiger partial charge in [-0.1, -0.05) is 295 Å². The number of ether oxygens (including phenoxy) is 4. The highest BCUT2D eigenvalue weighted by atomic mass is 31.2. The van der Waals surface area contributed by atoms with Crippen molar-refractivity contribution in [2.75, 3.05) is 39.6 Å². The zero-order valence-electron chi connectivity index (χ0n) is 66.1. The summed E-state index contributed by atoms with van der Waals surface area (Å²) >= 11 is 0. The summed E-state index contributed by atoms with van der Waals surface area (Å²) in [6.07, 6.45) is 90.8. The van der Waals surface area contributed by atoms with E-state index in [4.69, 9.17) is 37.0 Å². The third-order valence-electron chi connectivity index (χ3n) is 16.5. The molecule has 0 radical (unpaired) electrons. The van der Waals surface area contributed by atoms with Gasteiger partial charge in [-0.3, -0.25) is 37.3 Å². The second-order valence-corrected chi connectivity index (χ2v) is 29.5. The van der Waals surface area contributed by atoms with E-state index in [2.05, 4.69) is 186 Å². The summed E-state index contributed by atoms with van der Waals surface area (Å²) in [6, 6.07) is 0. The highest BCUT2D eigenvalue weighted by Gasteiger charge is 2.30. The normalized spacial score (nSPS) is 14.7. The Balaban J connectivity index is 5.42. The van der Waals surface area contributed by atoms with Gasteiger partial charge in [0.25, 0.3) is 0 Å². The Kier molecular flexibility index (Phi) is 73.9. The number of rotatable bonds is 75. The van der Waals surface area contributed by atoms with Crippen molar-refractivity contribution in [1.29, 1.82) is 0 Å². The lowest BCUT2D eigenvalue weighted by molar-refractivity contribution is -0.161. The summed E-state index contributed by atoms with van der Waals surface area (Å²) in [4.78, 5) is 73.1. The number of hydrogen-bond acceptors (Lipinski definition) is 15. The molecule has 0 spiro atoms. The molecule has 0 heterocycles. The van der Waals surface area contributed by atoms with E-state index in [-0.39, 0.29) is 25.7 Å². The summed E-state index contributed by atoms with van der Waals surface area (Å²) in [7, 11) is -9.99. The Morgan fingerprint density at radius 2 is 0.491 bits per heavy atom. The molecule has 19 heteroatoms. The highest BCUT2D eigenvalue weighted by Crippen LogP contribution is 2.45. The van der Waals surface area contributed by atoms with Crippen LogP contribution in [0, 0.1) is 0 Å². The zero-order chi connectivity index (χ0) is 77.4. The smallest absolute Gasteiger partial charge is 0.462 e. The molecule has 0 aliphatic heterocycles. The van der Waals surface area contributed by atoms with Crippen LogP contribution in [0.5, 0.6) is 0 Å². The number of phosphoric ester groups is 2. The number of carbonyl (C=O) groups is 4. The van der Waals surface area contributed by atoms with E-state index in [1.54, 1.807) is 0 Å². The Labute approximate surface area is 642 Å². The topological polar surface area (TPSA) is 237 Å². The molecule has 0 aromatic rings. The third-order valence-corrected chi connectivity index (χ3v) is 18.4. The fourth-order valence-corrected chi connectivity index (χ4v) is 12.0. The number of allylic oxidation sites excluding steroid dienone is 26. The van der Waals surface area contributed by atoms with Crippen LogP contribution in [0.25, 0.3) is 0 Å². The summed E-state index contributed by atoms with van der Waals surface area (Å²) in [5.41, 5.74) is 0. The first-order valence-electron chi connectivity index (χ1n) is 40.7. The molecular weight excluding hydrogens is 1380 g/mol. The van der Waals surface area contributed by atoms with Gasteiger partial charge >= 0.3 is 39.5 Å². The predicted molar refractivity (Wildman–Crippen MR) is 436 cm³/mol. The van der Waals surface area contributed by atoms with Crippen molar-refractivity contribution in [3.8, 4) is 0 Å². The molecule has 5 atom stereocenters. The maximum atomic E-state index is 13.1. The van der Waals surface area contributed by atoms with Gasteiger partial charge in [0.2, 0.25) is 0 Å². The molecule has 106 heavy (non-hydrogen) atoms.